The molecule has 1 aliphatic carbocycles. The van der Waals surface area contributed by atoms with E-state index in [1.807, 2.05) is 0 Å². The summed E-state index contributed by atoms with van der Waals surface area (Å²) >= 11 is 0. The summed E-state index contributed by atoms with van der Waals surface area (Å²) in [5, 5.41) is 0. The van der Waals surface area contributed by atoms with Gasteiger partial charge in [-0.15, -0.1) is 0 Å². The van der Waals surface area contributed by atoms with Crippen LogP contribution in [0.3, 0.4) is 0 Å². The molecule has 0 radical (unpaired) electrons. The van der Waals surface area contributed by atoms with Crippen molar-refractivity contribution in [1.29, 1.82) is 0 Å². The number of rotatable bonds is 4. The van der Waals surface area contributed by atoms with Crippen molar-refractivity contribution in [3.63, 3.8) is 0 Å². The quantitative estimate of drug-likeness (QED) is 0.725. The van der Waals surface area contributed by atoms with Crippen molar-refractivity contribution in [2.45, 2.75) is 42.0 Å². The Morgan fingerprint density at radius 1 is 1.06 bits per heavy atom. The van der Waals surface area contributed by atoms with E-state index < -0.39 is 43.0 Å². The fourth-order valence-corrected chi connectivity index (χ4v) is 8.69. The maximum atomic E-state index is 13.8. The Morgan fingerprint density at radius 2 is 1.69 bits per heavy atom. The summed E-state index contributed by atoms with van der Waals surface area (Å²) in [4.78, 5) is 11.9. The molecule has 2 N–H and O–H groups in total. The molecule has 1 amide bonds. The van der Waals surface area contributed by atoms with Gasteiger partial charge in [0.25, 0.3) is 10.0 Å². The first kappa shape index (κ1) is 21.4. The Hall–Kier alpha value is -2.46. The van der Waals surface area contributed by atoms with Crippen LogP contribution in [0, 0.1) is 11.7 Å². The molecule has 10 heteroatoms. The Labute approximate surface area is 186 Å². The molecule has 0 aromatic heterocycles. The normalized spacial score (nSPS) is 23.8. The molecule has 3 aliphatic rings. The van der Waals surface area contributed by atoms with Gasteiger partial charge in [-0.05, 0) is 79.6 Å². The summed E-state index contributed by atoms with van der Waals surface area (Å²) in [7, 11) is -7.27. The number of carbonyl (C=O) groups is 1. The van der Waals surface area contributed by atoms with Gasteiger partial charge < -0.3 is 5.73 Å². The van der Waals surface area contributed by atoms with Gasteiger partial charge in [0.1, 0.15) is 15.7 Å². The minimum atomic E-state index is -4.06. The Bertz CT molecular complexity index is 1300. The number of sulfone groups is 1. The first-order valence-corrected chi connectivity index (χ1v) is 13.8. The fraction of sp³-hybridized carbons (Fsp3) is 0.409. The predicted molar refractivity (Wildman–Crippen MR) is 117 cm³/mol. The molecule has 1 saturated carbocycles. The molecule has 32 heavy (non-hydrogen) atoms. The fourth-order valence-electron chi connectivity index (χ4n) is 5.34. The number of carbonyl (C=O) groups excluding carboxylic acids is 1. The third-order valence-electron chi connectivity index (χ3n) is 7.03. The Balaban J connectivity index is 1.73. The molecule has 1 unspecified atom stereocenters. The van der Waals surface area contributed by atoms with Gasteiger partial charge in [0.15, 0.2) is 0 Å². The van der Waals surface area contributed by atoms with Crippen molar-refractivity contribution < 1.29 is 26.0 Å². The maximum Gasteiger partial charge on any atom is 0.264 e. The van der Waals surface area contributed by atoms with Crippen LogP contribution >= 0.6 is 0 Å². The second kappa shape index (κ2) is 7.02. The van der Waals surface area contributed by atoms with E-state index in [0.717, 1.165) is 25.0 Å². The lowest BCUT2D eigenvalue weighted by Gasteiger charge is -2.41. The molecular formula is C22H23FN2O5S2. The monoisotopic (exact) mass is 478 g/mol. The zero-order chi connectivity index (χ0) is 22.9. The van der Waals surface area contributed by atoms with Crippen LogP contribution in [0.25, 0.3) is 0 Å². The molecular weight excluding hydrogens is 455 g/mol. The number of fused-ring (bicyclic) bond motifs is 2. The van der Waals surface area contributed by atoms with Gasteiger partial charge in [0.2, 0.25) is 5.91 Å². The number of sulfonamides is 1. The van der Waals surface area contributed by atoms with Gasteiger partial charge in [0.05, 0.1) is 28.1 Å². The van der Waals surface area contributed by atoms with E-state index in [-0.39, 0.29) is 40.7 Å². The summed E-state index contributed by atoms with van der Waals surface area (Å²) in [5.74, 6) is -1.17. The van der Waals surface area contributed by atoms with Crippen LogP contribution in [0.1, 0.15) is 41.6 Å². The number of anilines is 1. The zero-order valence-electron chi connectivity index (χ0n) is 17.2. The molecule has 1 spiro atoms. The minimum Gasteiger partial charge on any atom is -0.366 e. The molecule has 5 rings (SSSR count). The van der Waals surface area contributed by atoms with Crippen LogP contribution in [0.4, 0.5) is 10.1 Å². The Morgan fingerprint density at radius 3 is 2.25 bits per heavy atom. The molecule has 1 saturated heterocycles. The average Bonchev–Trinajstić information content (AvgIpc) is 3.53. The lowest BCUT2D eigenvalue weighted by atomic mass is 9.70. The largest absolute Gasteiger partial charge is 0.366 e. The van der Waals surface area contributed by atoms with E-state index in [9.17, 15) is 26.0 Å². The molecule has 2 fully saturated rings. The van der Waals surface area contributed by atoms with Gasteiger partial charge >= 0.3 is 0 Å². The van der Waals surface area contributed by atoms with Crippen molar-refractivity contribution in [3.05, 3.63) is 59.4 Å². The summed E-state index contributed by atoms with van der Waals surface area (Å²) in [6, 6.07) is 8.94. The second-order valence-corrected chi connectivity index (χ2v) is 13.1. The lowest BCUT2D eigenvalue weighted by Crippen LogP contribution is -2.52. The molecule has 7 nitrogen and oxygen atoms in total. The minimum absolute atomic E-state index is 0.0324. The second-order valence-electron chi connectivity index (χ2n) is 8.94. The van der Waals surface area contributed by atoms with Gasteiger partial charge in [-0.2, -0.15) is 0 Å². The van der Waals surface area contributed by atoms with Crippen LogP contribution < -0.4 is 10.0 Å². The zero-order valence-corrected chi connectivity index (χ0v) is 18.8. The van der Waals surface area contributed by atoms with Crippen molar-refractivity contribution in [1.82, 2.24) is 0 Å². The Kier molecular flexibility index (Phi) is 4.69. The summed E-state index contributed by atoms with van der Waals surface area (Å²) in [5.41, 5.74) is 6.13. The standard InChI is InChI=1S/C22H23FN2O5S2/c23-16-4-6-17(7-5-16)32(29,30)25-19-8-3-15(21(24)26)13-18(19)22(20(25)14-1-2-14)9-11-31(27,28)12-10-22/h3-8,13-14,20H,1-2,9-12H2,(H2,24,26). The summed E-state index contributed by atoms with van der Waals surface area (Å²) in [6.45, 7) is 0. The highest BCUT2D eigenvalue weighted by atomic mass is 32.2. The maximum absolute atomic E-state index is 13.8. The molecule has 2 heterocycles. The molecule has 1 atom stereocenters. The number of hydrogen-bond acceptors (Lipinski definition) is 5. The van der Waals surface area contributed by atoms with Crippen molar-refractivity contribution in [2.75, 3.05) is 15.8 Å². The molecule has 0 bridgehead atoms. The number of nitrogens with two attached hydrogens (primary N) is 1. The van der Waals surface area contributed by atoms with Crippen LogP contribution in [0.5, 0.6) is 0 Å². The molecule has 170 valence electrons. The SMILES string of the molecule is NC(=O)c1ccc2c(c1)C1(CCS(=O)(=O)CC1)C(C1CC1)N2S(=O)(=O)c1ccc(F)cc1. The number of hydrogen-bond donors (Lipinski definition) is 1. The van der Waals surface area contributed by atoms with E-state index >= 15 is 0 Å². The number of benzene rings is 2. The van der Waals surface area contributed by atoms with Crippen LogP contribution in [0.2, 0.25) is 0 Å². The van der Waals surface area contributed by atoms with E-state index in [4.69, 9.17) is 5.73 Å². The topological polar surface area (TPSA) is 115 Å². The van der Waals surface area contributed by atoms with Crippen LogP contribution in [-0.2, 0) is 25.3 Å². The molecule has 2 aromatic rings. The smallest absolute Gasteiger partial charge is 0.264 e. The highest BCUT2D eigenvalue weighted by molar-refractivity contribution is 7.93. The van der Waals surface area contributed by atoms with E-state index in [2.05, 4.69) is 0 Å². The number of primary amides is 1. The van der Waals surface area contributed by atoms with E-state index in [1.165, 1.54) is 22.5 Å². The van der Waals surface area contributed by atoms with Gasteiger partial charge in [0, 0.05) is 11.0 Å². The first-order chi connectivity index (χ1) is 15.1. The van der Waals surface area contributed by atoms with Crippen LogP contribution in [0.15, 0.2) is 47.4 Å². The number of nitrogens with zero attached hydrogens (tertiary/aromatic N) is 1. The van der Waals surface area contributed by atoms with Gasteiger partial charge in [-0.25, -0.2) is 21.2 Å². The first-order valence-electron chi connectivity index (χ1n) is 10.5. The highest BCUT2D eigenvalue weighted by Crippen LogP contribution is 2.59. The highest BCUT2D eigenvalue weighted by Gasteiger charge is 2.60. The number of amides is 1. The van der Waals surface area contributed by atoms with Gasteiger partial charge in [-0.3, -0.25) is 9.10 Å². The van der Waals surface area contributed by atoms with E-state index in [0.29, 0.717) is 11.3 Å². The number of halogens is 1. The third-order valence-corrected chi connectivity index (χ3v) is 10.5. The van der Waals surface area contributed by atoms with Crippen molar-refractivity contribution >= 4 is 31.5 Å². The molecule has 2 aliphatic heterocycles. The predicted octanol–water partition coefficient (Wildman–Crippen LogP) is 2.36. The van der Waals surface area contributed by atoms with Crippen molar-refractivity contribution in [3.8, 4) is 0 Å². The van der Waals surface area contributed by atoms with Gasteiger partial charge in [-0.1, -0.05) is 0 Å². The van der Waals surface area contributed by atoms with Crippen molar-refractivity contribution in [2.24, 2.45) is 11.7 Å². The molecule has 2 aromatic carbocycles. The third kappa shape index (κ3) is 3.23. The van der Waals surface area contributed by atoms with Crippen LogP contribution in [-0.4, -0.2) is 40.3 Å². The van der Waals surface area contributed by atoms with E-state index in [1.54, 1.807) is 12.1 Å². The average molecular weight is 479 g/mol. The summed E-state index contributed by atoms with van der Waals surface area (Å²) < 4.78 is 67.0. The summed E-state index contributed by atoms with van der Waals surface area (Å²) in [6.07, 6.45) is 2.23. The lowest BCUT2D eigenvalue weighted by molar-refractivity contribution is 0.1000.